The normalized spacial score (nSPS) is 15.9. The third-order valence-corrected chi connectivity index (χ3v) is 4.38. The zero-order valence-corrected chi connectivity index (χ0v) is 14.0. The Morgan fingerprint density at radius 3 is 2.59 bits per heavy atom. The molecule has 22 heavy (non-hydrogen) atoms. The minimum absolute atomic E-state index is 0.104. The third-order valence-electron chi connectivity index (χ3n) is 4.38. The number of piperidine rings is 1. The van der Waals surface area contributed by atoms with E-state index in [1.807, 2.05) is 24.1 Å². The van der Waals surface area contributed by atoms with Gasteiger partial charge in [0.15, 0.2) is 0 Å². The number of anilines is 1. The van der Waals surface area contributed by atoms with Gasteiger partial charge in [0, 0.05) is 38.4 Å². The van der Waals surface area contributed by atoms with Gasteiger partial charge in [0.1, 0.15) is 5.82 Å². The first-order chi connectivity index (χ1) is 10.7. The van der Waals surface area contributed by atoms with Gasteiger partial charge in [-0.1, -0.05) is 6.92 Å². The summed E-state index contributed by atoms with van der Waals surface area (Å²) in [6, 6.07) is 4.41. The average Bonchev–Trinajstić information content (AvgIpc) is 2.59. The Balaban J connectivity index is 1.99. The van der Waals surface area contributed by atoms with Crippen molar-refractivity contribution in [2.45, 2.75) is 39.2 Å². The Bertz CT molecular complexity index is 466. The fourth-order valence-electron chi connectivity index (χ4n) is 2.96. The Hall–Kier alpha value is -1.62. The summed E-state index contributed by atoms with van der Waals surface area (Å²) in [4.78, 5) is 21.2. The first-order valence-electron chi connectivity index (χ1n) is 8.37. The molecule has 0 radical (unpaired) electrons. The Morgan fingerprint density at radius 2 is 2.09 bits per heavy atom. The highest BCUT2D eigenvalue weighted by molar-refractivity contribution is 5.94. The van der Waals surface area contributed by atoms with Crippen molar-refractivity contribution in [2.75, 3.05) is 38.1 Å². The fourth-order valence-corrected chi connectivity index (χ4v) is 2.96. The number of carbonyl (C=O) groups is 1. The van der Waals surface area contributed by atoms with Crippen LogP contribution >= 0.6 is 0 Å². The molecule has 0 atom stereocenters. The predicted molar refractivity (Wildman–Crippen MR) is 90.4 cm³/mol. The maximum Gasteiger partial charge on any atom is 0.255 e. The van der Waals surface area contributed by atoms with E-state index in [-0.39, 0.29) is 5.91 Å². The van der Waals surface area contributed by atoms with Gasteiger partial charge >= 0.3 is 0 Å². The minimum Gasteiger partial charge on any atom is -0.357 e. The van der Waals surface area contributed by atoms with E-state index in [1.165, 1.54) is 0 Å². The Labute approximate surface area is 133 Å². The van der Waals surface area contributed by atoms with Crippen molar-refractivity contribution < 1.29 is 4.79 Å². The molecule has 2 heterocycles. The van der Waals surface area contributed by atoms with E-state index in [4.69, 9.17) is 0 Å². The van der Waals surface area contributed by atoms with E-state index >= 15 is 0 Å². The van der Waals surface area contributed by atoms with Crippen molar-refractivity contribution in [1.29, 1.82) is 0 Å². The van der Waals surface area contributed by atoms with Gasteiger partial charge in [-0.25, -0.2) is 4.98 Å². The number of nitrogens with zero attached hydrogens (tertiary/aromatic N) is 3. The number of likely N-dealkylation sites (tertiary alicyclic amines) is 1. The summed E-state index contributed by atoms with van der Waals surface area (Å²) in [6.07, 6.45) is 4.86. The van der Waals surface area contributed by atoms with Crippen molar-refractivity contribution in [3.8, 4) is 0 Å². The summed E-state index contributed by atoms with van der Waals surface area (Å²) in [7, 11) is 1.99. The first kappa shape index (κ1) is 16.7. The fraction of sp³-hybridized carbons (Fsp3) is 0.647. The zero-order valence-electron chi connectivity index (χ0n) is 14.0. The lowest BCUT2D eigenvalue weighted by atomic mass is 10.0. The number of rotatable bonds is 6. The number of aromatic nitrogens is 1. The summed E-state index contributed by atoms with van der Waals surface area (Å²) >= 11 is 0. The van der Waals surface area contributed by atoms with E-state index < -0.39 is 0 Å². The number of hydrogen-bond donors (Lipinski definition) is 1. The predicted octanol–water partition coefficient (Wildman–Crippen LogP) is 2.14. The standard InChI is InChI=1S/C17H28N4O/c1-4-10-20(5-2)16-7-6-14(13-19-16)17(22)21-11-8-15(18-3)9-12-21/h6-7,13,15,18H,4-5,8-12H2,1-3H3. The van der Waals surface area contributed by atoms with Gasteiger partial charge in [0.25, 0.3) is 5.91 Å². The van der Waals surface area contributed by atoms with Crippen LogP contribution < -0.4 is 10.2 Å². The zero-order chi connectivity index (χ0) is 15.9. The second-order valence-corrected chi connectivity index (χ2v) is 5.84. The van der Waals surface area contributed by atoms with Gasteiger partial charge in [-0.2, -0.15) is 0 Å². The smallest absolute Gasteiger partial charge is 0.255 e. The van der Waals surface area contributed by atoms with Gasteiger partial charge in [-0.15, -0.1) is 0 Å². The molecule has 1 aromatic heterocycles. The molecule has 1 aliphatic heterocycles. The quantitative estimate of drug-likeness (QED) is 0.875. The lowest BCUT2D eigenvalue weighted by Gasteiger charge is -2.31. The molecule has 2 rings (SSSR count). The van der Waals surface area contributed by atoms with Gasteiger partial charge < -0.3 is 15.1 Å². The number of pyridine rings is 1. The monoisotopic (exact) mass is 304 g/mol. The highest BCUT2D eigenvalue weighted by Crippen LogP contribution is 2.16. The average molecular weight is 304 g/mol. The van der Waals surface area contributed by atoms with E-state index in [2.05, 4.69) is 29.0 Å². The molecule has 5 nitrogen and oxygen atoms in total. The van der Waals surface area contributed by atoms with Crippen LogP contribution in [0.15, 0.2) is 18.3 Å². The molecular weight excluding hydrogens is 276 g/mol. The van der Waals surface area contributed by atoms with Crippen LogP contribution in [0.3, 0.4) is 0 Å². The van der Waals surface area contributed by atoms with Gasteiger partial charge in [0.2, 0.25) is 0 Å². The second-order valence-electron chi connectivity index (χ2n) is 5.84. The molecule has 1 amide bonds. The van der Waals surface area contributed by atoms with Gasteiger partial charge in [-0.05, 0) is 45.4 Å². The molecular formula is C17H28N4O. The van der Waals surface area contributed by atoms with Crippen LogP contribution in [-0.4, -0.2) is 55.1 Å². The van der Waals surface area contributed by atoms with Gasteiger partial charge in [-0.3, -0.25) is 4.79 Å². The van der Waals surface area contributed by atoms with Crippen LogP contribution in [-0.2, 0) is 0 Å². The molecule has 5 heteroatoms. The summed E-state index contributed by atoms with van der Waals surface area (Å²) < 4.78 is 0. The molecule has 0 aliphatic carbocycles. The topological polar surface area (TPSA) is 48.5 Å². The molecule has 1 saturated heterocycles. The van der Waals surface area contributed by atoms with E-state index in [1.54, 1.807) is 6.20 Å². The number of hydrogen-bond acceptors (Lipinski definition) is 4. The molecule has 122 valence electrons. The lowest BCUT2D eigenvalue weighted by Crippen LogP contribution is -2.44. The number of carbonyl (C=O) groups excluding carboxylic acids is 1. The summed E-state index contributed by atoms with van der Waals surface area (Å²) in [6.45, 7) is 7.86. The van der Waals surface area contributed by atoms with Crippen molar-refractivity contribution in [3.05, 3.63) is 23.9 Å². The molecule has 0 saturated carbocycles. The maximum atomic E-state index is 12.5. The summed E-state index contributed by atoms with van der Waals surface area (Å²) in [5, 5.41) is 3.29. The molecule has 1 N–H and O–H groups in total. The van der Waals surface area contributed by atoms with Crippen LogP contribution in [0.1, 0.15) is 43.5 Å². The van der Waals surface area contributed by atoms with Crippen LogP contribution in [0.5, 0.6) is 0 Å². The van der Waals surface area contributed by atoms with Crippen LogP contribution in [0.4, 0.5) is 5.82 Å². The summed E-state index contributed by atoms with van der Waals surface area (Å²) in [5.41, 5.74) is 0.694. The highest BCUT2D eigenvalue weighted by Gasteiger charge is 2.22. The van der Waals surface area contributed by atoms with Crippen molar-refractivity contribution in [2.24, 2.45) is 0 Å². The lowest BCUT2D eigenvalue weighted by molar-refractivity contribution is 0.0707. The first-order valence-corrected chi connectivity index (χ1v) is 8.37. The van der Waals surface area contributed by atoms with E-state index in [9.17, 15) is 4.79 Å². The molecule has 0 aromatic carbocycles. The molecule has 1 aromatic rings. The van der Waals surface area contributed by atoms with Crippen LogP contribution in [0.25, 0.3) is 0 Å². The SMILES string of the molecule is CCCN(CC)c1ccc(C(=O)N2CCC(NC)CC2)cn1. The minimum atomic E-state index is 0.104. The van der Waals surface area contributed by atoms with Crippen molar-refractivity contribution in [3.63, 3.8) is 0 Å². The summed E-state index contributed by atoms with van der Waals surface area (Å²) in [5.74, 6) is 1.06. The maximum absolute atomic E-state index is 12.5. The second kappa shape index (κ2) is 8.13. The third kappa shape index (κ3) is 3.97. The van der Waals surface area contributed by atoms with Crippen LogP contribution in [0.2, 0.25) is 0 Å². The molecule has 0 unspecified atom stereocenters. The number of amides is 1. The molecule has 0 bridgehead atoms. The molecule has 1 aliphatic rings. The van der Waals surface area contributed by atoms with Gasteiger partial charge in [0.05, 0.1) is 5.56 Å². The molecule has 1 fully saturated rings. The Morgan fingerprint density at radius 1 is 1.36 bits per heavy atom. The number of nitrogens with one attached hydrogen (secondary N) is 1. The van der Waals surface area contributed by atoms with Crippen molar-refractivity contribution >= 4 is 11.7 Å². The van der Waals surface area contributed by atoms with Crippen molar-refractivity contribution in [1.82, 2.24) is 15.2 Å². The largest absolute Gasteiger partial charge is 0.357 e. The molecule has 0 spiro atoms. The highest BCUT2D eigenvalue weighted by atomic mass is 16.2. The van der Waals surface area contributed by atoms with Crippen LogP contribution in [0, 0.1) is 0 Å². The van der Waals surface area contributed by atoms with E-state index in [0.29, 0.717) is 11.6 Å². The van der Waals surface area contributed by atoms with E-state index in [0.717, 1.165) is 51.3 Å². The Kier molecular flexibility index (Phi) is 6.19.